The summed E-state index contributed by atoms with van der Waals surface area (Å²) in [6, 6.07) is 10.1. The summed E-state index contributed by atoms with van der Waals surface area (Å²) in [6.45, 7) is 1.19. The number of hydrogen-bond donors (Lipinski definition) is 1. The minimum Gasteiger partial charge on any atom is -0.481 e. The third-order valence-electron chi connectivity index (χ3n) is 5.54. The molecule has 0 saturated carbocycles. The second kappa shape index (κ2) is 10.1. The Morgan fingerprint density at radius 1 is 1.06 bits per heavy atom. The summed E-state index contributed by atoms with van der Waals surface area (Å²) in [5.74, 6) is -2.67. The molecule has 0 aliphatic heterocycles. The Bertz CT molecular complexity index is 1220. The zero-order chi connectivity index (χ0) is 26.0. The lowest BCUT2D eigenvalue weighted by atomic mass is 9.78. The van der Waals surface area contributed by atoms with Gasteiger partial charge in [0.1, 0.15) is 0 Å². The first-order valence-electron chi connectivity index (χ1n) is 10.1. The third-order valence-corrected chi connectivity index (χ3v) is 5.86. The van der Waals surface area contributed by atoms with Crippen LogP contribution in [0.5, 0.6) is 11.6 Å². The van der Waals surface area contributed by atoms with Crippen LogP contribution in [0.4, 0.5) is 22.4 Å². The van der Waals surface area contributed by atoms with Gasteiger partial charge in [-0.2, -0.15) is 13.2 Å². The number of ether oxygens (including phenoxy) is 3. The lowest BCUT2D eigenvalue weighted by molar-refractivity contribution is -0.274. The highest BCUT2D eigenvalue weighted by Crippen LogP contribution is 2.50. The number of carbonyl (C=O) groups is 1. The normalized spacial score (nSPS) is 14.1. The standard InChI is InChI=1S/C24H20ClF4NO5/c1-13(23(32,24(27,28)29)16-6-9-21(33-2)30-12-16)17-7-4-14(10-18(17)25)15-5-8-20(19(26)11-15)35-22(31)34-3/h4-13,32H,1-3H3. The van der Waals surface area contributed by atoms with Crippen LogP contribution in [0.15, 0.2) is 54.7 Å². The van der Waals surface area contributed by atoms with E-state index in [9.17, 15) is 27.5 Å². The Morgan fingerprint density at radius 3 is 2.23 bits per heavy atom. The minimum absolute atomic E-state index is 0.0113. The largest absolute Gasteiger partial charge is 0.513 e. The number of nitrogens with zero attached hydrogens (tertiary/aromatic N) is 1. The van der Waals surface area contributed by atoms with E-state index < -0.39 is 35.2 Å². The maximum absolute atomic E-state index is 14.3. The average molecular weight is 514 g/mol. The van der Waals surface area contributed by atoms with E-state index >= 15 is 0 Å². The van der Waals surface area contributed by atoms with Crippen LogP contribution in [0.1, 0.15) is 24.0 Å². The summed E-state index contributed by atoms with van der Waals surface area (Å²) in [7, 11) is 2.39. The monoisotopic (exact) mass is 513 g/mol. The molecule has 1 N–H and O–H groups in total. The predicted octanol–water partition coefficient (Wildman–Crippen LogP) is 6.25. The van der Waals surface area contributed by atoms with Crippen LogP contribution in [0.25, 0.3) is 11.1 Å². The molecule has 2 atom stereocenters. The number of rotatable bonds is 6. The summed E-state index contributed by atoms with van der Waals surface area (Å²) in [5, 5.41) is 10.8. The molecule has 0 bridgehead atoms. The van der Waals surface area contributed by atoms with Gasteiger partial charge < -0.3 is 19.3 Å². The van der Waals surface area contributed by atoms with Crippen LogP contribution in [0.2, 0.25) is 5.02 Å². The van der Waals surface area contributed by atoms with Crippen LogP contribution >= 0.6 is 11.6 Å². The Labute approximate surface area is 203 Å². The fraction of sp³-hybridized carbons (Fsp3) is 0.250. The van der Waals surface area contributed by atoms with Gasteiger partial charge in [0.05, 0.1) is 14.2 Å². The zero-order valence-electron chi connectivity index (χ0n) is 18.7. The first-order valence-corrected chi connectivity index (χ1v) is 10.4. The maximum Gasteiger partial charge on any atom is 0.513 e. The van der Waals surface area contributed by atoms with E-state index in [2.05, 4.69) is 14.5 Å². The summed E-state index contributed by atoms with van der Waals surface area (Å²) in [6.07, 6.45) is -5.27. The third kappa shape index (κ3) is 5.18. The van der Waals surface area contributed by atoms with Crippen molar-refractivity contribution in [3.05, 3.63) is 76.7 Å². The average Bonchev–Trinajstić information content (AvgIpc) is 2.83. The van der Waals surface area contributed by atoms with E-state index in [0.29, 0.717) is 11.1 Å². The SMILES string of the molecule is COC(=O)Oc1ccc(-c2ccc(C(C)C(O)(c3ccc(OC)nc3)C(F)(F)F)c(Cl)c2)cc1F. The summed E-state index contributed by atoms with van der Waals surface area (Å²) < 4.78 is 70.6. The highest BCUT2D eigenvalue weighted by molar-refractivity contribution is 6.31. The Hall–Kier alpha value is -3.37. The summed E-state index contributed by atoms with van der Waals surface area (Å²) in [5.41, 5.74) is -3.07. The molecule has 0 aliphatic carbocycles. The number of pyridine rings is 1. The smallest absolute Gasteiger partial charge is 0.481 e. The van der Waals surface area contributed by atoms with E-state index in [1.165, 1.54) is 50.4 Å². The molecule has 0 amide bonds. The van der Waals surface area contributed by atoms with Gasteiger partial charge in [0.15, 0.2) is 17.2 Å². The first-order chi connectivity index (χ1) is 16.4. The van der Waals surface area contributed by atoms with E-state index in [0.717, 1.165) is 25.4 Å². The molecule has 186 valence electrons. The van der Waals surface area contributed by atoms with E-state index in [1.807, 2.05) is 0 Å². The van der Waals surface area contributed by atoms with Crippen molar-refractivity contribution in [1.82, 2.24) is 4.98 Å². The quantitative estimate of drug-likeness (QED) is 0.238. The minimum atomic E-state index is -5.07. The molecule has 35 heavy (non-hydrogen) atoms. The number of alkyl halides is 3. The molecule has 0 saturated heterocycles. The van der Waals surface area contributed by atoms with Crippen molar-refractivity contribution in [3.8, 4) is 22.8 Å². The molecule has 1 aromatic heterocycles. The van der Waals surface area contributed by atoms with Crippen LogP contribution < -0.4 is 9.47 Å². The van der Waals surface area contributed by atoms with Crippen molar-refractivity contribution in [2.75, 3.05) is 14.2 Å². The molecule has 3 rings (SSSR count). The van der Waals surface area contributed by atoms with Crippen LogP contribution in [0, 0.1) is 5.82 Å². The Kier molecular flexibility index (Phi) is 7.56. The number of hydrogen-bond acceptors (Lipinski definition) is 6. The van der Waals surface area contributed by atoms with Gasteiger partial charge >= 0.3 is 12.3 Å². The molecular weight excluding hydrogens is 494 g/mol. The molecular formula is C24H20ClF4NO5. The van der Waals surface area contributed by atoms with E-state index in [1.54, 1.807) is 0 Å². The molecule has 3 aromatic rings. The van der Waals surface area contributed by atoms with Gasteiger partial charge in [-0.05, 0) is 41.0 Å². The van der Waals surface area contributed by atoms with E-state index in [-0.39, 0.29) is 22.2 Å². The number of aromatic nitrogens is 1. The van der Waals surface area contributed by atoms with Gasteiger partial charge in [0, 0.05) is 28.8 Å². The second-order valence-corrected chi connectivity index (χ2v) is 7.92. The first kappa shape index (κ1) is 26.2. The molecule has 2 unspecified atom stereocenters. The Morgan fingerprint density at radius 2 is 1.71 bits per heavy atom. The summed E-state index contributed by atoms with van der Waals surface area (Å²) in [4.78, 5) is 15.0. The fourth-order valence-corrected chi connectivity index (χ4v) is 3.91. The molecule has 0 radical (unpaired) electrons. The van der Waals surface area contributed by atoms with Crippen molar-refractivity contribution in [2.45, 2.75) is 24.6 Å². The fourth-order valence-electron chi connectivity index (χ4n) is 3.56. The predicted molar refractivity (Wildman–Crippen MR) is 119 cm³/mol. The van der Waals surface area contributed by atoms with Crippen LogP contribution in [-0.2, 0) is 10.3 Å². The van der Waals surface area contributed by atoms with Crippen LogP contribution in [0.3, 0.4) is 0 Å². The van der Waals surface area contributed by atoms with Crippen molar-refractivity contribution in [1.29, 1.82) is 0 Å². The molecule has 0 spiro atoms. The molecule has 0 fully saturated rings. The number of aliphatic hydroxyl groups is 1. The number of methoxy groups -OCH3 is 2. The van der Waals surface area contributed by atoms with Gasteiger partial charge in [0.2, 0.25) is 5.88 Å². The maximum atomic E-state index is 14.3. The van der Waals surface area contributed by atoms with E-state index in [4.69, 9.17) is 16.3 Å². The number of halogens is 5. The van der Waals surface area contributed by atoms with Crippen LogP contribution in [-0.4, -0.2) is 36.6 Å². The molecule has 6 nitrogen and oxygen atoms in total. The lowest BCUT2D eigenvalue weighted by Gasteiger charge is -2.36. The Balaban J connectivity index is 1.98. The van der Waals surface area contributed by atoms with Gasteiger partial charge in [-0.15, -0.1) is 0 Å². The van der Waals surface area contributed by atoms with Gasteiger partial charge in [-0.3, -0.25) is 0 Å². The van der Waals surface area contributed by atoms with Crippen molar-refractivity contribution < 1.29 is 41.7 Å². The molecule has 0 aliphatic rings. The highest BCUT2D eigenvalue weighted by atomic mass is 35.5. The van der Waals surface area contributed by atoms with Gasteiger partial charge in [-0.1, -0.05) is 36.7 Å². The van der Waals surface area contributed by atoms with Gasteiger partial charge in [0.25, 0.3) is 0 Å². The number of benzene rings is 2. The number of carbonyl (C=O) groups excluding carboxylic acids is 1. The second-order valence-electron chi connectivity index (χ2n) is 7.51. The molecule has 1 heterocycles. The van der Waals surface area contributed by atoms with Gasteiger partial charge in [-0.25, -0.2) is 14.2 Å². The van der Waals surface area contributed by atoms with Crippen molar-refractivity contribution in [3.63, 3.8) is 0 Å². The van der Waals surface area contributed by atoms with Crippen molar-refractivity contribution >= 4 is 17.8 Å². The summed E-state index contributed by atoms with van der Waals surface area (Å²) >= 11 is 6.33. The lowest BCUT2D eigenvalue weighted by Crippen LogP contribution is -2.46. The molecule has 11 heteroatoms. The zero-order valence-corrected chi connectivity index (χ0v) is 19.4. The molecule has 2 aromatic carbocycles. The topological polar surface area (TPSA) is 77.9 Å². The van der Waals surface area contributed by atoms with Crippen molar-refractivity contribution in [2.24, 2.45) is 0 Å². The highest BCUT2D eigenvalue weighted by Gasteiger charge is 2.59.